The van der Waals surface area contributed by atoms with Crippen LogP contribution in [0.1, 0.15) is 37.7 Å². The third-order valence-electron chi connectivity index (χ3n) is 9.05. The predicted molar refractivity (Wildman–Crippen MR) is 159 cm³/mol. The monoisotopic (exact) mass is 607 g/mol. The van der Waals surface area contributed by atoms with Crippen LogP contribution >= 0.6 is 11.6 Å². The van der Waals surface area contributed by atoms with Gasteiger partial charge in [0.15, 0.2) is 5.82 Å². The second-order valence-corrected chi connectivity index (χ2v) is 12.3. The molecule has 7 nitrogen and oxygen atoms in total. The highest BCUT2D eigenvalue weighted by Gasteiger charge is 2.49. The molecule has 0 bridgehead atoms. The number of fused-ring (bicyclic) bond motifs is 3. The Morgan fingerprint density at radius 3 is 2.77 bits per heavy atom. The first-order valence-electron chi connectivity index (χ1n) is 14.5. The van der Waals surface area contributed by atoms with Crippen LogP contribution in [-0.4, -0.2) is 74.8 Å². The summed E-state index contributed by atoms with van der Waals surface area (Å²) in [5.74, 6) is 1.23. The van der Waals surface area contributed by atoms with Crippen LogP contribution in [0.3, 0.4) is 0 Å². The van der Waals surface area contributed by atoms with Crippen LogP contribution in [-0.2, 0) is 0 Å². The molecule has 3 fully saturated rings. The lowest BCUT2D eigenvalue weighted by atomic mass is 9.95. The fraction of sp³-hybridized carbons (Fsp3) is 0.406. The maximum absolute atomic E-state index is 16.6. The van der Waals surface area contributed by atoms with E-state index < -0.39 is 23.3 Å². The Balaban J connectivity index is 1.37. The van der Waals surface area contributed by atoms with Gasteiger partial charge in [-0.1, -0.05) is 12.0 Å². The summed E-state index contributed by atoms with van der Waals surface area (Å²) in [6.07, 6.45) is 9.78. The minimum absolute atomic E-state index is 0.0220. The molecule has 2 aromatic heterocycles. The zero-order chi connectivity index (χ0) is 29.9. The van der Waals surface area contributed by atoms with Crippen molar-refractivity contribution in [3.8, 4) is 35.4 Å². The lowest BCUT2D eigenvalue weighted by Crippen LogP contribution is -2.43. The van der Waals surface area contributed by atoms with E-state index in [9.17, 15) is 13.9 Å². The standard InChI is InChI=1S/C32H29ClF3N5O2/c1-2-22-25(35)5-4-18-12-21(42)13-23(26(18)22)28-27(36)29-24(15-37-28)30(40-10-6-19(33)7-11-40)39-31(38-29)43-17-32-8-3-9-41(32)16-20(34)14-32/h1,4-5,12-13,15,19-20,42H,3,6-11,14,16-17H2. The van der Waals surface area contributed by atoms with Crippen molar-refractivity contribution in [3.63, 3.8) is 0 Å². The fourth-order valence-corrected chi connectivity index (χ4v) is 7.17. The molecule has 0 spiro atoms. The van der Waals surface area contributed by atoms with Gasteiger partial charge in [-0.25, -0.2) is 13.2 Å². The molecule has 43 heavy (non-hydrogen) atoms. The molecule has 11 heteroatoms. The molecule has 0 saturated carbocycles. The quantitative estimate of drug-likeness (QED) is 0.221. The van der Waals surface area contributed by atoms with Crippen molar-refractivity contribution in [1.82, 2.24) is 19.9 Å². The second kappa shape index (κ2) is 10.7. The summed E-state index contributed by atoms with van der Waals surface area (Å²) in [5.41, 5.74) is -0.556. The average Bonchev–Trinajstić information content (AvgIpc) is 3.52. The van der Waals surface area contributed by atoms with Gasteiger partial charge in [0.05, 0.1) is 16.5 Å². The molecule has 3 aliphatic heterocycles. The van der Waals surface area contributed by atoms with Crippen molar-refractivity contribution in [1.29, 1.82) is 0 Å². The number of aromatic hydroxyl groups is 1. The number of anilines is 1. The number of rotatable bonds is 5. The molecular formula is C32H29ClF3N5O2. The summed E-state index contributed by atoms with van der Waals surface area (Å²) in [6, 6.07) is 5.40. The Kier molecular flexibility index (Phi) is 6.98. The fourth-order valence-electron chi connectivity index (χ4n) is 6.98. The number of ether oxygens (including phenoxy) is 1. The molecule has 5 heterocycles. The van der Waals surface area contributed by atoms with Crippen molar-refractivity contribution in [2.24, 2.45) is 0 Å². The summed E-state index contributed by atoms with van der Waals surface area (Å²) < 4.78 is 51.9. The summed E-state index contributed by atoms with van der Waals surface area (Å²) in [5, 5.41) is 11.6. The molecule has 2 unspecified atom stereocenters. The maximum atomic E-state index is 16.6. The van der Waals surface area contributed by atoms with Gasteiger partial charge in [0, 0.05) is 48.6 Å². The lowest BCUT2D eigenvalue weighted by molar-refractivity contribution is 0.107. The van der Waals surface area contributed by atoms with Crippen molar-refractivity contribution in [2.45, 2.75) is 49.2 Å². The Morgan fingerprint density at radius 1 is 1.16 bits per heavy atom. The molecule has 0 aliphatic carbocycles. The molecule has 0 radical (unpaired) electrons. The van der Waals surface area contributed by atoms with E-state index in [4.69, 9.17) is 27.7 Å². The highest BCUT2D eigenvalue weighted by atomic mass is 35.5. The third kappa shape index (κ3) is 4.79. The number of nitrogens with zero attached hydrogens (tertiary/aromatic N) is 5. The van der Waals surface area contributed by atoms with Gasteiger partial charge in [-0.2, -0.15) is 9.97 Å². The summed E-state index contributed by atoms with van der Waals surface area (Å²) in [6.45, 7) is 2.58. The van der Waals surface area contributed by atoms with Gasteiger partial charge in [-0.05, 0) is 55.8 Å². The van der Waals surface area contributed by atoms with E-state index >= 15 is 4.39 Å². The zero-order valence-electron chi connectivity index (χ0n) is 23.3. The van der Waals surface area contributed by atoms with E-state index in [0.717, 1.165) is 32.2 Å². The molecule has 2 aromatic carbocycles. The Morgan fingerprint density at radius 2 is 1.98 bits per heavy atom. The van der Waals surface area contributed by atoms with E-state index in [2.05, 4.69) is 20.8 Å². The topological polar surface area (TPSA) is 74.6 Å². The molecule has 3 saturated heterocycles. The van der Waals surface area contributed by atoms with Gasteiger partial charge in [-0.3, -0.25) is 9.88 Å². The number of terminal acetylenes is 1. The molecule has 222 valence electrons. The van der Waals surface area contributed by atoms with Gasteiger partial charge in [0.1, 0.15) is 41.4 Å². The number of hydrogen-bond acceptors (Lipinski definition) is 7. The van der Waals surface area contributed by atoms with Gasteiger partial charge in [0.2, 0.25) is 0 Å². The smallest absolute Gasteiger partial charge is 0.319 e. The normalized spacial score (nSPS) is 22.8. The van der Waals surface area contributed by atoms with E-state index in [1.165, 1.54) is 30.5 Å². The largest absolute Gasteiger partial charge is 0.508 e. The third-order valence-corrected chi connectivity index (χ3v) is 9.49. The van der Waals surface area contributed by atoms with Crippen LogP contribution in [0.4, 0.5) is 19.0 Å². The van der Waals surface area contributed by atoms with Crippen LogP contribution in [0.2, 0.25) is 0 Å². The molecular weight excluding hydrogens is 579 g/mol. The number of piperidine rings is 1. The maximum Gasteiger partial charge on any atom is 0.319 e. The van der Waals surface area contributed by atoms with E-state index in [1.54, 1.807) is 0 Å². The number of aromatic nitrogens is 3. The minimum atomic E-state index is -0.922. The van der Waals surface area contributed by atoms with Crippen LogP contribution in [0.15, 0.2) is 30.5 Å². The van der Waals surface area contributed by atoms with Gasteiger partial charge < -0.3 is 14.7 Å². The van der Waals surface area contributed by atoms with Gasteiger partial charge >= 0.3 is 6.01 Å². The van der Waals surface area contributed by atoms with Gasteiger partial charge in [-0.15, -0.1) is 18.0 Å². The Labute approximate surface area is 251 Å². The minimum Gasteiger partial charge on any atom is -0.508 e. The molecule has 3 aliphatic rings. The summed E-state index contributed by atoms with van der Waals surface area (Å²) in [7, 11) is 0. The van der Waals surface area contributed by atoms with Crippen molar-refractivity contribution in [3.05, 3.63) is 47.7 Å². The highest BCUT2D eigenvalue weighted by molar-refractivity contribution is 6.20. The van der Waals surface area contributed by atoms with Crippen LogP contribution in [0.25, 0.3) is 32.9 Å². The van der Waals surface area contributed by atoms with Crippen LogP contribution in [0.5, 0.6) is 11.8 Å². The summed E-state index contributed by atoms with van der Waals surface area (Å²) in [4.78, 5) is 17.8. The first kappa shape index (κ1) is 28.0. The first-order valence-corrected chi connectivity index (χ1v) is 14.9. The molecule has 1 N–H and O–H groups in total. The average molecular weight is 608 g/mol. The van der Waals surface area contributed by atoms with E-state index in [-0.39, 0.29) is 51.5 Å². The number of hydrogen-bond donors (Lipinski definition) is 1. The number of halogens is 4. The Hall–Kier alpha value is -3.81. The number of pyridine rings is 1. The summed E-state index contributed by atoms with van der Waals surface area (Å²) >= 11 is 6.36. The van der Waals surface area contributed by atoms with Crippen molar-refractivity contribution >= 4 is 39.1 Å². The number of benzene rings is 2. The van der Waals surface area contributed by atoms with Crippen molar-refractivity contribution in [2.75, 3.05) is 37.7 Å². The molecule has 0 amide bonds. The van der Waals surface area contributed by atoms with Crippen LogP contribution < -0.4 is 9.64 Å². The highest BCUT2D eigenvalue weighted by Crippen LogP contribution is 2.42. The van der Waals surface area contributed by atoms with E-state index in [1.807, 2.05) is 4.90 Å². The van der Waals surface area contributed by atoms with Crippen LogP contribution in [0, 0.1) is 24.0 Å². The number of phenols is 1. The first-order chi connectivity index (χ1) is 20.8. The van der Waals surface area contributed by atoms with E-state index in [0.29, 0.717) is 42.6 Å². The Bertz CT molecular complexity index is 1790. The number of alkyl halides is 2. The zero-order valence-corrected chi connectivity index (χ0v) is 24.0. The molecule has 7 rings (SSSR count). The van der Waals surface area contributed by atoms with Crippen molar-refractivity contribution < 1.29 is 23.0 Å². The SMILES string of the molecule is C#Cc1c(F)ccc2cc(O)cc(-c3ncc4c(N5CCC(Cl)CC5)nc(OCC56CCCN5CC(F)C6)nc4c3F)c12. The predicted octanol–water partition coefficient (Wildman–Crippen LogP) is 5.97. The molecule has 4 aromatic rings. The van der Waals surface area contributed by atoms with Gasteiger partial charge in [0.25, 0.3) is 0 Å². The second-order valence-electron chi connectivity index (χ2n) is 11.7. The lowest BCUT2D eigenvalue weighted by Gasteiger charge is -2.32. The number of phenolic OH excluding ortho intramolecular Hbond substituents is 1. The molecule has 2 atom stereocenters.